The molecule has 30 heavy (non-hydrogen) atoms. The van der Waals surface area contributed by atoms with E-state index in [0.29, 0.717) is 17.0 Å². The number of aryl methyl sites for hydroxylation is 1. The standard InChI is InChI=1S/C22H29ClN2O5/c1-2-3-4-5-15-7-8-16(25-24-15)11-14-10-13(6-9-17(14)23)22-21(29)20(28)19(27)18(12-26)30-22/h6-10,18-22,26-29H,2-5,11-12H2,1H3. The average molecular weight is 437 g/mol. The van der Waals surface area contributed by atoms with Gasteiger partial charge in [0.25, 0.3) is 0 Å². The minimum atomic E-state index is -1.42. The van der Waals surface area contributed by atoms with Crippen LogP contribution in [0.5, 0.6) is 0 Å². The third-order valence-electron chi connectivity index (χ3n) is 5.47. The number of hydrogen-bond acceptors (Lipinski definition) is 7. The summed E-state index contributed by atoms with van der Waals surface area (Å²) in [6.07, 6.45) is -1.22. The number of aliphatic hydroxyl groups is 4. The molecule has 3 rings (SSSR count). The van der Waals surface area contributed by atoms with Crippen molar-refractivity contribution in [2.24, 2.45) is 0 Å². The fourth-order valence-corrected chi connectivity index (χ4v) is 3.83. The van der Waals surface area contributed by atoms with Crippen LogP contribution >= 0.6 is 11.6 Å². The first-order chi connectivity index (χ1) is 14.4. The number of aliphatic hydroxyl groups excluding tert-OH is 4. The molecule has 8 heteroatoms. The smallest absolute Gasteiger partial charge is 0.113 e. The average Bonchev–Trinajstić information content (AvgIpc) is 2.75. The van der Waals surface area contributed by atoms with E-state index in [9.17, 15) is 20.4 Å². The Morgan fingerprint density at radius 2 is 1.70 bits per heavy atom. The molecular formula is C22H29ClN2O5. The van der Waals surface area contributed by atoms with Crippen LogP contribution in [0.15, 0.2) is 30.3 Å². The molecule has 0 radical (unpaired) electrons. The Morgan fingerprint density at radius 1 is 0.967 bits per heavy atom. The number of aromatic nitrogens is 2. The second-order valence-electron chi connectivity index (χ2n) is 7.75. The minimum Gasteiger partial charge on any atom is -0.394 e. The minimum absolute atomic E-state index is 0.451. The van der Waals surface area contributed by atoms with E-state index < -0.39 is 37.1 Å². The molecule has 164 valence electrons. The van der Waals surface area contributed by atoms with Gasteiger partial charge in [-0.3, -0.25) is 0 Å². The fourth-order valence-electron chi connectivity index (χ4n) is 3.65. The Bertz CT molecular complexity index is 818. The van der Waals surface area contributed by atoms with Gasteiger partial charge < -0.3 is 25.2 Å². The van der Waals surface area contributed by atoms with Crippen molar-refractivity contribution in [2.45, 2.75) is 69.5 Å². The molecule has 2 aromatic rings. The Morgan fingerprint density at radius 3 is 2.37 bits per heavy atom. The molecule has 2 heterocycles. The van der Waals surface area contributed by atoms with E-state index in [0.717, 1.165) is 36.2 Å². The molecule has 5 unspecified atom stereocenters. The van der Waals surface area contributed by atoms with E-state index in [-0.39, 0.29) is 0 Å². The van der Waals surface area contributed by atoms with Crippen LogP contribution in [0.25, 0.3) is 0 Å². The zero-order valence-electron chi connectivity index (χ0n) is 17.0. The molecule has 1 aliphatic heterocycles. The molecule has 0 saturated carbocycles. The lowest BCUT2D eigenvalue weighted by Crippen LogP contribution is -2.55. The zero-order valence-corrected chi connectivity index (χ0v) is 17.7. The molecule has 1 aliphatic rings. The monoisotopic (exact) mass is 436 g/mol. The quantitative estimate of drug-likeness (QED) is 0.467. The molecule has 0 spiro atoms. The second kappa shape index (κ2) is 10.6. The Kier molecular flexibility index (Phi) is 8.16. The molecule has 1 aromatic carbocycles. The summed E-state index contributed by atoms with van der Waals surface area (Å²) in [4.78, 5) is 0. The number of nitrogens with zero attached hydrogens (tertiary/aromatic N) is 2. The van der Waals surface area contributed by atoms with Crippen molar-refractivity contribution in [1.82, 2.24) is 10.2 Å². The highest BCUT2D eigenvalue weighted by Crippen LogP contribution is 2.34. The predicted octanol–water partition coefficient (Wildman–Crippen LogP) is 1.97. The first-order valence-electron chi connectivity index (χ1n) is 10.3. The molecule has 1 aromatic heterocycles. The van der Waals surface area contributed by atoms with Crippen LogP contribution in [0.4, 0.5) is 0 Å². The lowest BCUT2D eigenvalue weighted by atomic mass is 9.90. The van der Waals surface area contributed by atoms with Gasteiger partial charge in [0, 0.05) is 11.4 Å². The molecular weight excluding hydrogens is 408 g/mol. The van der Waals surface area contributed by atoms with Crippen molar-refractivity contribution in [3.8, 4) is 0 Å². The predicted molar refractivity (Wildman–Crippen MR) is 112 cm³/mol. The van der Waals surface area contributed by atoms with E-state index in [1.165, 1.54) is 6.42 Å². The highest BCUT2D eigenvalue weighted by Gasteiger charge is 2.44. The first-order valence-corrected chi connectivity index (χ1v) is 10.7. The largest absolute Gasteiger partial charge is 0.394 e. The SMILES string of the molecule is CCCCCc1ccc(Cc2cc(C3OC(CO)C(O)C(O)C3O)ccc2Cl)nn1. The number of unbranched alkanes of at least 4 members (excludes halogenated alkanes) is 2. The van der Waals surface area contributed by atoms with Crippen molar-refractivity contribution in [1.29, 1.82) is 0 Å². The molecule has 1 fully saturated rings. The summed E-state index contributed by atoms with van der Waals surface area (Å²) in [5.41, 5.74) is 3.10. The zero-order chi connectivity index (χ0) is 21.7. The van der Waals surface area contributed by atoms with Crippen molar-refractivity contribution in [3.63, 3.8) is 0 Å². The Balaban J connectivity index is 1.75. The van der Waals surface area contributed by atoms with Gasteiger partial charge in [0.1, 0.15) is 30.5 Å². The Labute approximate surface area is 181 Å². The van der Waals surface area contributed by atoms with E-state index in [4.69, 9.17) is 16.3 Å². The van der Waals surface area contributed by atoms with Crippen LogP contribution in [0.1, 0.15) is 54.8 Å². The van der Waals surface area contributed by atoms with Crippen molar-refractivity contribution >= 4 is 11.6 Å². The molecule has 0 aliphatic carbocycles. The molecule has 0 amide bonds. The van der Waals surface area contributed by atoms with Gasteiger partial charge in [0.15, 0.2) is 0 Å². The van der Waals surface area contributed by atoms with Gasteiger partial charge in [-0.05, 0) is 42.2 Å². The molecule has 1 saturated heterocycles. The van der Waals surface area contributed by atoms with Gasteiger partial charge in [-0.15, -0.1) is 0 Å². The maximum Gasteiger partial charge on any atom is 0.113 e. The van der Waals surface area contributed by atoms with Gasteiger partial charge >= 0.3 is 0 Å². The topological polar surface area (TPSA) is 116 Å². The number of benzene rings is 1. The summed E-state index contributed by atoms with van der Waals surface area (Å²) < 4.78 is 5.64. The van der Waals surface area contributed by atoms with Gasteiger partial charge in [-0.25, -0.2) is 0 Å². The van der Waals surface area contributed by atoms with Crippen molar-refractivity contribution in [2.75, 3.05) is 6.61 Å². The summed E-state index contributed by atoms with van der Waals surface area (Å²) in [5.74, 6) is 0. The fraction of sp³-hybridized carbons (Fsp3) is 0.545. The summed E-state index contributed by atoms with van der Waals surface area (Å²) in [5, 5.41) is 48.9. The van der Waals surface area contributed by atoms with Crippen LogP contribution in [0.2, 0.25) is 5.02 Å². The van der Waals surface area contributed by atoms with Crippen molar-refractivity contribution in [3.05, 3.63) is 57.9 Å². The second-order valence-corrected chi connectivity index (χ2v) is 8.16. The highest BCUT2D eigenvalue weighted by molar-refractivity contribution is 6.31. The van der Waals surface area contributed by atoms with Gasteiger partial charge in [-0.2, -0.15) is 10.2 Å². The van der Waals surface area contributed by atoms with E-state index in [2.05, 4.69) is 17.1 Å². The lowest BCUT2D eigenvalue weighted by molar-refractivity contribution is -0.231. The van der Waals surface area contributed by atoms with E-state index in [1.807, 2.05) is 12.1 Å². The van der Waals surface area contributed by atoms with Crippen LogP contribution in [-0.4, -0.2) is 61.6 Å². The molecule has 7 nitrogen and oxygen atoms in total. The molecule has 0 bridgehead atoms. The van der Waals surface area contributed by atoms with Crippen LogP contribution in [0, 0.1) is 0 Å². The highest BCUT2D eigenvalue weighted by atomic mass is 35.5. The third-order valence-corrected chi connectivity index (χ3v) is 5.84. The lowest BCUT2D eigenvalue weighted by Gasteiger charge is -2.40. The molecule has 5 atom stereocenters. The van der Waals surface area contributed by atoms with E-state index in [1.54, 1.807) is 18.2 Å². The summed E-state index contributed by atoms with van der Waals surface area (Å²) >= 11 is 6.36. The number of ether oxygens (including phenoxy) is 1. The maximum absolute atomic E-state index is 10.4. The van der Waals surface area contributed by atoms with Crippen LogP contribution < -0.4 is 0 Å². The Hall–Kier alpha value is -1.61. The number of halogens is 1. The van der Waals surface area contributed by atoms with Gasteiger partial charge in [-0.1, -0.05) is 43.5 Å². The first kappa shape index (κ1) is 23.1. The summed E-state index contributed by atoms with van der Waals surface area (Å²) in [7, 11) is 0. The number of rotatable bonds is 8. The normalized spacial score (nSPS) is 26.7. The van der Waals surface area contributed by atoms with Crippen LogP contribution in [0.3, 0.4) is 0 Å². The van der Waals surface area contributed by atoms with Gasteiger partial charge in [0.05, 0.1) is 18.0 Å². The van der Waals surface area contributed by atoms with Crippen molar-refractivity contribution < 1.29 is 25.2 Å². The number of hydrogen-bond donors (Lipinski definition) is 4. The van der Waals surface area contributed by atoms with Crippen LogP contribution in [-0.2, 0) is 17.6 Å². The maximum atomic E-state index is 10.4. The van der Waals surface area contributed by atoms with E-state index >= 15 is 0 Å². The summed E-state index contributed by atoms with van der Waals surface area (Å²) in [6.45, 7) is 1.69. The summed E-state index contributed by atoms with van der Waals surface area (Å²) in [6, 6.07) is 9.09. The van der Waals surface area contributed by atoms with Gasteiger partial charge in [0.2, 0.25) is 0 Å². The molecule has 4 N–H and O–H groups in total. The third kappa shape index (κ3) is 5.35.